The zero-order chi connectivity index (χ0) is 37.4. The number of aromatic nitrogens is 5. The zero-order valence-corrected chi connectivity index (χ0v) is 32.0. The number of piperidine rings is 2. The number of pyridine rings is 1. The number of hydrogen-bond acceptors (Lipinski definition) is 9. The summed E-state index contributed by atoms with van der Waals surface area (Å²) in [7, 11) is 3.95. The van der Waals surface area contributed by atoms with Crippen LogP contribution in [0.25, 0.3) is 27.3 Å². The zero-order valence-electron chi connectivity index (χ0n) is 30.4. The molecule has 2 atom stereocenters. The number of nitrogens with zero attached hydrogens (tertiary/aromatic N) is 8. The van der Waals surface area contributed by atoms with Gasteiger partial charge in [-0.05, 0) is 73.8 Å². The van der Waals surface area contributed by atoms with Gasteiger partial charge in [0, 0.05) is 91.9 Å². The number of rotatable bonds is 9. The second-order valence-corrected chi connectivity index (χ2v) is 16.3. The molecule has 0 radical (unpaired) electrons. The van der Waals surface area contributed by atoms with Crippen LogP contribution in [-0.2, 0) is 17.9 Å². The van der Waals surface area contributed by atoms with E-state index in [0.29, 0.717) is 42.0 Å². The van der Waals surface area contributed by atoms with Crippen LogP contribution >= 0.6 is 22.9 Å². The van der Waals surface area contributed by atoms with Crippen molar-refractivity contribution in [1.82, 2.24) is 33.9 Å². The molecule has 0 aliphatic carbocycles. The van der Waals surface area contributed by atoms with Gasteiger partial charge < -0.3 is 19.5 Å². The largest absolute Gasteiger partial charge is 0.388 e. The summed E-state index contributed by atoms with van der Waals surface area (Å²) in [5.74, 6) is 0.931. The van der Waals surface area contributed by atoms with Gasteiger partial charge in [0.1, 0.15) is 17.2 Å². The summed E-state index contributed by atoms with van der Waals surface area (Å²) < 4.78 is 3.35. The minimum atomic E-state index is -1.13. The third-order valence-electron chi connectivity index (χ3n) is 10.9. The number of aliphatic hydroxyl groups is 1. The molecule has 2 aliphatic heterocycles. The van der Waals surface area contributed by atoms with Crippen LogP contribution < -0.4 is 10.5 Å². The van der Waals surface area contributed by atoms with E-state index in [4.69, 9.17) is 16.6 Å². The summed E-state index contributed by atoms with van der Waals surface area (Å²) in [6, 6.07) is 23.5. The number of halogens is 1. The van der Waals surface area contributed by atoms with Crippen LogP contribution in [0.5, 0.6) is 0 Å². The fourth-order valence-corrected chi connectivity index (χ4v) is 8.91. The van der Waals surface area contributed by atoms with Crippen molar-refractivity contribution in [1.29, 1.82) is 0 Å². The van der Waals surface area contributed by atoms with Crippen molar-refractivity contribution in [2.24, 2.45) is 5.92 Å². The van der Waals surface area contributed by atoms with Crippen molar-refractivity contribution >= 4 is 45.7 Å². The lowest BCUT2D eigenvalue weighted by molar-refractivity contribution is -0.142. The van der Waals surface area contributed by atoms with Crippen molar-refractivity contribution in [2.45, 2.75) is 43.9 Å². The lowest BCUT2D eigenvalue weighted by atomic mass is 9.79. The van der Waals surface area contributed by atoms with Crippen LogP contribution in [0.15, 0.2) is 103 Å². The van der Waals surface area contributed by atoms with Gasteiger partial charge in [-0.25, -0.2) is 15.0 Å². The van der Waals surface area contributed by atoms with E-state index in [1.165, 1.54) is 21.3 Å². The molecule has 1 amide bonds. The Morgan fingerprint density at radius 2 is 1.74 bits per heavy atom. The van der Waals surface area contributed by atoms with Crippen LogP contribution in [0.4, 0.5) is 5.82 Å². The van der Waals surface area contributed by atoms with E-state index >= 15 is 0 Å². The van der Waals surface area contributed by atoms with Crippen LogP contribution in [0.2, 0.25) is 5.02 Å². The second kappa shape index (κ2) is 15.1. The number of carbonyl (C=O) groups excluding carboxylic acids is 1. The molecule has 2 fully saturated rings. The molecule has 6 heterocycles. The SMILES string of the molecule is CN(C)c1ccc(-c2ncc(CN3CC[C@@H](C(=O)N4CCC(O)(Cn5cnc6c(ccn6-c6ccc(Cl)cc6)c5=O)CC4)[C@H](c4ccccc4)C3)s2)cn1. The molecule has 1 N–H and O–H groups in total. The van der Waals surface area contributed by atoms with Gasteiger partial charge >= 0.3 is 0 Å². The minimum Gasteiger partial charge on any atom is -0.388 e. The first-order valence-corrected chi connectivity index (χ1v) is 19.5. The molecular formula is C41H43ClN8O3S. The normalized spacial score (nSPS) is 18.9. The van der Waals surface area contributed by atoms with Gasteiger partial charge in [0.15, 0.2) is 5.65 Å². The summed E-state index contributed by atoms with van der Waals surface area (Å²) in [4.78, 5) is 49.2. The number of carbonyl (C=O) groups is 1. The molecule has 6 aromatic rings. The van der Waals surface area contributed by atoms with Gasteiger partial charge in [0.25, 0.3) is 5.56 Å². The van der Waals surface area contributed by atoms with E-state index in [1.807, 2.05) is 83.5 Å². The van der Waals surface area contributed by atoms with Crippen LogP contribution in [0, 0.1) is 5.92 Å². The van der Waals surface area contributed by atoms with Crippen molar-refractivity contribution < 1.29 is 9.90 Å². The maximum Gasteiger partial charge on any atom is 0.262 e. The second-order valence-electron chi connectivity index (χ2n) is 14.7. The highest BCUT2D eigenvalue weighted by Gasteiger charge is 2.41. The molecule has 0 saturated carbocycles. The Bertz CT molecular complexity index is 2300. The van der Waals surface area contributed by atoms with Gasteiger partial charge in [-0.15, -0.1) is 11.3 Å². The average molecular weight is 763 g/mol. The molecule has 0 spiro atoms. The van der Waals surface area contributed by atoms with Crippen molar-refractivity contribution in [3.63, 3.8) is 0 Å². The summed E-state index contributed by atoms with van der Waals surface area (Å²) in [5, 5.41) is 13.8. The maximum atomic E-state index is 14.3. The number of anilines is 1. The molecule has 278 valence electrons. The van der Waals surface area contributed by atoms with Gasteiger partial charge in [0.05, 0.1) is 17.5 Å². The molecule has 2 aromatic carbocycles. The highest BCUT2D eigenvalue weighted by Crippen LogP contribution is 2.37. The smallest absolute Gasteiger partial charge is 0.262 e. The quantitative estimate of drug-likeness (QED) is 0.189. The molecule has 13 heteroatoms. The molecule has 11 nitrogen and oxygen atoms in total. The van der Waals surface area contributed by atoms with Crippen LogP contribution in [0.3, 0.4) is 0 Å². The standard InChI is InChI=1S/C41H43ClN8O3S/c1-46(2)36-13-8-29(22-43-36)38-44-23-32(54-38)24-47-18-14-33(35(25-47)28-6-4-3-5-7-28)39(51)48-20-16-41(53,17-21-48)26-49-27-45-37-34(40(49)52)15-19-50(37)31-11-9-30(42)10-12-31/h3-13,15,19,22-23,27,33,35,53H,14,16-18,20-21,24-26H2,1-2H3/t33-,35+/m1/s1. The summed E-state index contributed by atoms with van der Waals surface area (Å²) in [6.45, 7) is 3.33. The summed E-state index contributed by atoms with van der Waals surface area (Å²) in [5.41, 5.74) is 2.23. The number of amides is 1. The average Bonchev–Trinajstić information content (AvgIpc) is 3.85. The van der Waals surface area contributed by atoms with Gasteiger partial charge in [-0.3, -0.25) is 19.1 Å². The number of thiazole rings is 1. The van der Waals surface area contributed by atoms with E-state index < -0.39 is 5.60 Å². The Morgan fingerprint density at radius 1 is 0.963 bits per heavy atom. The number of likely N-dealkylation sites (tertiary alicyclic amines) is 2. The Hall–Kier alpha value is -4.88. The first-order chi connectivity index (χ1) is 26.1. The van der Waals surface area contributed by atoms with E-state index in [2.05, 4.69) is 33.1 Å². The van der Waals surface area contributed by atoms with E-state index in [-0.39, 0.29) is 29.8 Å². The molecule has 2 saturated heterocycles. The van der Waals surface area contributed by atoms with Crippen molar-refractivity contribution in [3.05, 3.63) is 124 Å². The number of fused-ring (bicyclic) bond motifs is 1. The van der Waals surface area contributed by atoms with E-state index in [9.17, 15) is 14.7 Å². The monoisotopic (exact) mass is 762 g/mol. The van der Waals surface area contributed by atoms with Crippen molar-refractivity contribution in [3.8, 4) is 16.3 Å². The molecule has 2 aliphatic rings. The highest BCUT2D eigenvalue weighted by atomic mass is 35.5. The van der Waals surface area contributed by atoms with Gasteiger partial charge in [0.2, 0.25) is 5.91 Å². The first kappa shape index (κ1) is 36.1. The lowest BCUT2D eigenvalue weighted by Crippen LogP contribution is -2.53. The van der Waals surface area contributed by atoms with Gasteiger partial charge in [-0.2, -0.15) is 0 Å². The fourth-order valence-electron chi connectivity index (χ4n) is 7.84. The molecule has 8 rings (SSSR count). The molecule has 54 heavy (non-hydrogen) atoms. The predicted molar refractivity (Wildman–Crippen MR) is 213 cm³/mol. The Kier molecular flexibility index (Phi) is 10.1. The topological polar surface area (TPSA) is 113 Å². The Balaban J connectivity index is 0.919. The first-order valence-electron chi connectivity index (χ1n) is 18.3. The molecular weight excluding hydrogens is 720 g/mol. The predicted octanol–water partition coefficient (Wildman–Crippen LogP) is 6.08. The third-order valence-corrected chi connectivity index (χ3v) is 12.2. The van der Waals surface area contributed by atoms with Crippen LogP contribution in [0.1, 0.15) is 35.6 Å². The third kappa shape index (κ3) is 7.43. The summed E-state index contributed by atoms with van der Waals surface area (Å²) >= 11 is 7.75. The Labute approximate surface area is 323 Å². The molecule has 0 unspecified atom stereocenters. The maximum absolute atomic E-state index is 14.3. The van der Waals surface area contributed by atoms with Crippen molar-refractivity contribution in [2.75, 3.05) is 45.2 Å². The van der Waals surface area contributed by atoms with Crippen LogP contribution in [-0.4, -0.2) is 90.8 Å². The molecule has 4 aromatic heterocycles. The fraction of sp³-hybridized carbons (Fsp3) is 0.341. The van der Waals surface area contributed by atoms with E-state index in [1.54, 1.807) is 29.5 Å². The van der Waals surface area contributed by atoms with E-state index in [0.717, 1.165) is 48.1 Å². The van der Waals surface area contributed by atoms with Gasteiger partial charge in [-0.1, -0.05) is 41.9 Å². The highest BCUT2D eigenvalue weighted by molar-refractivity contribution is 7.15. The Morgan fingerprint density at radius 3 is 2.46 bits per heavy atom. The summed E-state index contributed by atoms with van der Waals surface area (Å²) in [6.07, 6.45) is 8.67. The minimum absolute atomic E-state index is 0.0417. The lowest BCUT2D eigenvalue weighted by Gasteiger charge is -2.43. The number of benzene rings is 2. The molecule has 0 bridgehead atoms. The number of hydrogen-bond donors (Lipinski definition) is 1.